The highest BCUT2D eigenvalue weighted by molar-refractivity contribution is 5.65. The molecule has 1 aliphatic rings. The molecule has 4 rings (SSSR count). The molecule has 2 nitrogen and oxygen atoms in total. The van der Waals surface area contributed by atoms with Crippen molar-refractivity contribution in [1.29, 1.82) is 0 Å². The predicted molar refractivity (Wildman–Crippen MR) is 152 cm³/mol. The van der Waals surface area contributed by atoms with E-state index in [4.69, 9.17) is 4.74 Å². The molecule has 0 N–H and O–H groups in total. The van der Waals surface area contributed by atoms with E-state index in [-0.39, 0.29) is 25.0 Å². The lowest BCUT2D eigenvalue weighted by Crippen LogP contribution is -2.37. The van der Waals surface area contributed by atoms with Crippen LogP contribution in [0.4, 0.5) is 30.7 Å². The number of ether oxygens (including phenoxy) is 2. The van der Waals surface area contributed by atoms with Gasteiger partial charge in [0, 0.05) is 11.6 Å². The van der Waals surface area contributed by atoms with E-state index >= 15 is 0 Å². The van der Waals surface area contributed by atoms with E-state index in [1.165, 1.54) is 12.1 Å². The topological polar surface area (TPSA) is 18.5 Å². The van der Waals surface area contributed by atoms with Gasteiger partial charge < -0.3 is 9.47 Å². The second-order valence-electron chi connectivity index (χ2n) is 10.8. The molecular formula is C34H33F7O2. The zero-order valence-electron chi connectivity index (χ0n) is 23.7. The Hall–Kier alpha value is -3.75. The predicted octanol–water partition coefficient (Wildman–Crippen LogP) is 10.8. The number of allylic oxidation sites excluding steroid dienone is 2. The molecule has 0 amide bonds. The summed E-state index contributed by atoms with van der Waals surface area (Å²) < 4.78 is 107. The van der Waals surface area contributed by atoms with Crippen LogP contribution in [-0.4, -0.2) is 6.11 Å². The highest BCUT2D eigenvalue weighted by Gasteiger charge is 2.44. The Bertz CT molecular complexity index is 1440. The van der Waals surface area contributed by atoms with E-state index < -0.39 is 47.1 Å². The second-order valence-corrected chi connectivity index (χ2v) is 10.8. The minimum Gasteiger partial charge on any atom is -0.456 e. The van der Waals surface area contributed by atoms with Crippen molar-refractivity contribution in [3.63, 3.8) is 0 Å². The normalized spacial score (nSPS) is 17.2. The van der Waals surface area contributed by atoms with Gasteiger partial charge in [0.2, 0.25) is 0 Å². The number of alkyl halides is 2. The summed E-state index contributed by atoms with van der Waals surface area (Å²) in [6.45, 7) is 1.93. The molecule has 0 unspecified atom stereocenters. The van der Waals surface area contributed by atoms with Gasteiger partial charge >= 0.3 is 12.2 Å². The van der Waals surface area contributed by atoms with E-state index in [1.807, 2.05) is 25.1 Å². The Morgan fingerprint density at radius 1 is 0.860 bits per heavy atom. The average molecular weight is 607 g/mol. The third-order valence-electron chi connectivity index (χ3n) is 7.81. The molecule has 9 heteroatoms. The highest BCUT2D eigenvalue weighted by atomic mass is 19.3. The Morgan fingerprint density at radius 3 is 2.28 bits per heavy atom. The summed E-state index contributed by atoms with van der Waals surface area (Å²) in [5, 5.41) is 0. The van der Waals surface area contributed by atoms with Gasteiger partial charge in [-0.3, -0.25) is 0 Å². The molecule has 230 valence electrons. The van der Waals surface area contributed by atoms with Crippen molar-refractivity contribution in [3.8, 4) is 22.6 Å². The molecule has 0 bridgehead atoms. The molecule has 0 spiro atoms. The molecule has 0 radical (unpaired) electrons. The van der Waals surface area contributed by atoms with Crippen LogP contribution in [0, 0.1) is 29.3 Å². The molecule has 0 aliphatic heterocycles. The van der Waals surface area contributed by atoms with E-state index in [1.54, 1.807) is 18.2 Å². The van der Waals surface area contributed by atoms with Crippen molar-refractivity contribution in [1.82, 2.24) is 0 Å². The summed E-state index contributed by atoms with van der Waals surface area (Å²) in [7, 11) is 0. The van der Waals surface area contributed by atoms with Crippen LogP contribution in [0.2, 0.25) is 0 Å². The molecule has 0 saturated heterocycles. The third kappa shape index (κ3) is 8.88. The first-order chi connectivity index (χ1) is 20.6. The SMILES string of the molecule is C/C=C/CCc1ccc(-c2ccc(CCC3CCC(C(F)(F)Oc4ccc(OC=C(F)F)c(F)c4)CC3)c(F)c2)c(F)c1. The highest BCUT2D eigenvalue weighted by Crippen LogP contribution is 2.41. The lowest BCUT2D eigenvalue weighted by molar-refractivity contribution is -0.223. The zero-order valence-corrected chi connectivity index (χ0v) is 23.7. The zero-order chi connectivity index (χ0) is 31.0. The monoisotopic (exact) mass is 606 g/mol. The standard InChI is InChI=1S/C34H33F7O2/c1-2-3-4-5-23-9-16-28(30(36)18-23)25-12-11-24(29(35)19-25)10-6-22-7-13-26(14-8-22)34(40,41)43-27-15-17-32(31(37)20-27)42-21-33(38)39/h2-3,9,11-12,15-22,26H,4-8,10,13-14H2,1H3/b3-2+. The molecular weight excluding hydrogens is 573 g/mol. The fourth-order valence-electron chi connectivity index (χ4n) is 5.42. The lowest BCUT2D eigenvalue weighted by atomic mass is 9.79. The van der Waals surface area contributed by atoms with Gasteiger partial charge in [0.1, 0.15) is 17.4 Å². The van der Waals surface area contributed by atoms with E-state index in [0.717, 1.165) is 30.5 Å². The van der Waals surface area contributed by atoms with Gasteiger partial charge in [-0.2, -0.15) is 17.6 Å². The first-order valence-electron chi connectivity index (χ1n) is 14.3. The summed E-state index contributed by atoms with van der Waals surface area (Å²) in [6.07, 6.45) is 2.19. The fourth-order valence-corrected chi connectivity index (χ4v) is 5.42. The molecule has 0 heterocycles. The average Bonchev–Trinajstić information content (AvgIpc) is 2.96. The van der Waals surface area contributed by atoms with Crippen LogP contribution in [0.1, 0.15) is 56.6 Å². The van der Waals surface area contributed by atoms with Crippen molar-refractivity contribution in [2.24, 2.45) is 11.8 Å². The largest absolute Gasteiger partial charge is 0.456 e. The lowest BCUT2D eigenvalue weighted by Gasteiger charge is -2.33. The Balaban J connectivity index is 1.28. The van der Waals surface area contributed by atoms with E-state index in [2.05, 4.69) is 4.74 Å². The van der Waals surface area contributed by atoms with Gasteiger partial charge in [-0.15, -0.1) is 0 Å². The number of hydrogen-bond donors (Lipinski definition) is 0. The van der Waals surface area contributed by atoms with Gasteiger partial charge in [-0.1, -0.05) is 36.4 Å². The molecule has 1 aliphatic carbocycles. The van der Waals surface area contributed by atoms with Crippen molar-refractivity contribution in [2.75, 3.05) is 0 Å². The van der Waals surface area contributed by atoms with Gasteiger partial charge in [0.25, 0.3) is 0 Å². The number of benzene rings is 3. The molecule has 0 aromatic heterocycles. The van der Waals surface area contributed by atoms with E-state index in [9.17, 15) is 30.7 Å². The minimum absolute atomic E-state index is 0.0454. The Labute approximate surface area is 246 Å². The maximum absolute atomic E-state index is 14.9. The number of halogens is 7. The molecule has 0 atom stereocenters. The third-order valence-corrected chi connectivity index (χ3v) is 7.81. The minimum atomic E-state index is -3.56. The van der Waals surface area contributed by atoms with Crippen LogP contribution in [0.5, 0.6) is 11.5 Å². The molecule has 3 aromatic carbocycles. The second kappa shape index (κ2) is 14.6. The Kier molecular flexibility index (Phi) is 10.9. The maximum Gasteiger partial charge on any atom is 0.400 e. The quantitative estimate of drug-likeness (QED) is 0.116. The number of hydrogen-bond acceptors (Lipinski definition) is 2. The van der Waals surface area contributed by atoms with Gasteiger partial charge in [-0.05, 0) is 105 Å². The first-order valence-corrected chi connectivity index (χ1v) is 14.3. The van der Waals surface area contributed by atoms with Gasteiger partial charge in [0.05, 0.1) is 5.92 Å². The van der Waals surface area contributed by atoms with Crippen LogP contribution in [0.25, 0.3) is 11.1 Å². The Morgan fingerprint density at radius 2 is 1.63 bits per heavy atom. The molecule has 1 saturated carbocycles. The first kappa shape index (κ1) is 32.2. The summed E-state index contributed by atoms with van der Waals surface area (Å²) >= 11 is 0. The molecule has 3 aromatic rings. The van der Waals surface area contributed by atoms with Crippen LogP contribution >= 0.6 is 0 Å². The molecule has 1 fully saturated rings. The number of aryl methyl sites for hydroxylation is 2. The maximum atomic E-state index is 14.9. The van der Waals surface area contributed by atoms with Crippen LogP contribution in [-0.2, 0) is 12.8 Å². The van der Waals surface area contributed by atoms with Crippen molar-refractivity contribution in [2.45, 2.75) is 64.4 Å². The van der Waals surface area contributed by atoms with Crippen molar-refractivity contribution in [3.05, 3.63) is 108 Å². The van der Waals surface area contributed by atoms with Gasteiger partial charge in [0.15, 0.2) is 17.8 Å². The van der Waals surface area contributed by atoms with E-state index in [0.29, 0.717) is 48.4 Å². The number of rotatable bonds is 12. The van der Waals surface area contributed by atoms with Gasteiger partial charge in [-0.25, -0.2) is 13.2 Å². The summed E-state index contributed by atoms with van der Waals surface area (Å²) in [4.78, 5) is 0. The summed E-state index contributed by atoms with van der Waals surface area (Å²) in [5.41, 5.74) is 2.14. The fraction of sp³-hybridized carbons (Fsp3) is 0.353. The van der Waals surface area contributed by atoms with Crippen molar-refractivity contribution < 1.29 is 40.2 Å². The van der Waals surface area contributed by atoms with Crippen LogP contribution < -0.4 is 9.47 Å². The van der Waals surface area contributed by atoms with Crippen molar-refractivity contribution >= 4 is 0 Å². The van der Waals surface area contributed by atoms with Crippen LogP contribution in [0.15, 0.2) is 79.1 Å². The summed E-state index contributed by atoms with van der Waals surface area (Å²) in [5.74, 6) is -3.91. The van der Waals surface area contributed by atoms with Crippen LogP contribution in [0.3, 0.4) is 0 Å². The smallest absolute Gasteiger partial charge is 0.400 e. The summed E-state index contributed by atoms with van der Waals surface area (Å²) in [6, 6.07) is 12.3. The molecule has 43 heavy (non-hydrogen) atoms.